The van der Waals surface area contributed by atoms with E-state index in [0.717, 1.165) is 0 Å². The molecule has 0 N–H and O–H groups in total. The van der Waals surface area contributed by atoms with Crippen molar-refractivity contribution in [1.29, 1.82) is 0 Å². The van der Waals surface area contributed by atoms with Gasteiger partial charge in [0.15, 0.2) is 5.78 Å². The summed E-state index contributed by atoms with van der Waals surface area (Å²) in [5.41, 5.74) is 3.63. The number of ether oxygens (including phenoxy) is 1. The number of halogens is 3. The zero-order chi connectivity index (χ0) is 17.1. The summed E-state index contributed by atoms with van der Waals surface area (Å²) in [4.78, 5) is 25.3. The highest BCUT2D eigenvalue weighted by Gasteiger charge is 2.31. The van der Waals surface area contributed by atoms with Crippen LogP contribution in [-0.4, -0.2) is 41.3 Å². The van der Waals surface area contributed by atoms with Crippen LogP contribution in [0.25, 0.3) is 0 Å². The van der Waals surface area contributed by atoms with Crippen molar-refractivity contribution in [3.63, 3.8) is 0 Å². The number of ketones is 1. The van der Waals surface area contributed by atoms with Crippen LogP contribution in [0.3, 0.4) is 0 Å². The van der Waals surface area contributed by atoms with Crippen LogP contribution >= 0.6 is 34.8 Å². The lowest BCUT2D eigenvalue weighted by Gasteiger charge is -2.29. The number of hydrogen-bond acceptors (Lipinski definition) is 3. The van der Waals surface area contributed by atoms with Gasteiger partial charge in [-0.2, -0.15) is 0 Å². The summed E-state index contributed by atoms with van der Waals surface area (Å²) in [7, 11) is -1.63. The monoisotopic (exact) mass is 381 g/mol. The number of alkyl halides is 3. The second-order valence-corrected chi connectivity index (χ2v) is 13.3. The molecule has 0 aromatic heterocycles. The molecular weight excluding hydrogens is 365 g/mol. The fourth-order valence-electron chi connectivity index (χ4n) is 1.62. The second-order valence-electron chi connectivity index (χ2n) is 6.05. The van der Waals surface area contributed by atoms with E-state index >= 15 is 0 Å². The van der Waals surface area contributed by atoms with Crippen LogP contribution in [0.1, 0.15) is 13.3 Å². The molecule has 1 heterocycles. The van der Waals surface area contributed by atoms with Crippen molar-refractivity contribution >= 4 is 54.8 Å². The molecule has 0 bridgehead atoms. The summed E-state index contributed by atoms with van der Waals surface area (Å²) >= 11 is 16.7. The van der Waals surface area contributed by atoms with Gasteiger partial charge in [0, 0.05) is 18.2 Å². The molecule has 1 rings (SSSR count). The maximum absolute atomic E-state index is 12.1. The molecule has 0 aromatic rings. The van der Waals surface area contributed by atoms with Gasteiger partial charge < -0.3 is 4.74 Å². The normalized spacial score (nSPS) is 19.2. The van der Waals surface area contributed by atoms with Gasteiger partial charge in [0.05, 0.1) is 0 Å². The molecule has 0 aromatic carbocycles. The van der Waals surface area contributed by atoms with Crippen LogP contribution in [0, 0.1) is 11.5 Å². The number of carbonyl (C=O) groups excluding carboxylic acids is 2. The summed E-state index contributed by atoms with van der Waals surface area (Å²) in [6.07, 6.45) is 0.895. The maximum atomic E-state index is 12.1. The molecule has 1 atom stereocenters. The molecule has 0 saturated heterocycles. The second kappa shape index (κ2) is 7.27. The molecule has 4 nitrogen and oxygen atoms in total. The Morgan fingerprint density at radius 2 is 2.05 bits per heavy atom. The Morgan fingerprint density at radius 3 is 2.55 bits per heavy atom. The fourth-order valence-corrected chi connectivity index (χ4v) is 2.39. The number of allylic oxidation sites excluding steroid dienone is 1. The minimum absolute atomic E-state index is 0.0414. The predicted octanol–water partition coefficient (Wildman–Crippen LogP) is 3.92. The molecule has 1 aliphatic rings. The highest BCUT2D eigenvalue weighted by atomic mass is 35.6. The largest absolute Gasteiger partial charge is 0.445 e. The molecule has 0 aliphatic carbocycles. The predicted molar refractivity (Wildman–Crippen MR) is 91.8 cm³/mol. The van der Waals surface area contributed by atoms with E-state index in [4.69, 9.17) is 39.5 Å². The van der Waals surface area contributed by atoms with Crippen LogP contribution in [0.2, 0.25) is 19.6 Å². The summed E-state index contributed by atoms with van der Waals surface area (Å²) in [5, 5.41) is 0. The van der Waals surface area contributed by atoms with Crippen LogP contribution in [0.4, 0.5) is 4.79 Å². The average Bonchev–Trinajstić information content (AvgIpc) is 2.35. The van der Waals surface area contributed by atoms with Crippen molar-refractivity contribution in [3.05, 3.63) is 11.8 Å². The average molecular weight is 383 g/mol. The third-order valence-corrected chi connectivity index (χ3v) is 3.89. The van der Waals surface area contributed by atoms with E-state index in [1.807, 2.05) is 0 Å². The van der Waals surface area contributed by atoms with Crippen LogP contribution < -0.4 is 0 Å². The first-order valence-corrected chi connectivity index (χ1v) is 11.3. The Kier molecular flexibility index (Phi) is 6.40. The molecule has 8 heteroatoms. The van der Waals surface area contributed by atoms with Crippen molar-refractivity contribution in [2.75, 3.05) is 6.61 Å². The van der Waals surface area contributed by atoms with Gasteiger partial charge in [-0.25, -0.2) is 4.79 Å². The Labute approximate surface area is 146 Å². The lowest BCUT2D eigenvalue weighted by molar-refractivity contribution is -0.116. The summed E-state index contributed by atoms with van der Waals surface area (Å²) in [5.74, 6) is 2.97. The fraction of sp³-hybridized carbons (Fsp3) is 0.571. The van der Waals surface area contributed by atoms with Gasteiger partial charge >= 0.3 is 6.09 Å². The first-order chi connectivity index (χ1) is 9.89. The van der Waals surface area contributed by atoms with Gasteiger partial charge in [0.25, 0.3) is 0 Å². The Morgan fingerprint density at radius 1 is 1.45 bits per heavy atom. The number of carbonyl (C=O) groups is 2. The first kappa shape index (κ1) is 19.4. The van der Waals surface area contributed by atoms with Crippen molar-refractivity contribution in [2.45, 2.75) is 42.8 Å². The minimum Gasteiger partial charge on any atom is -0.445 e. The zero-order valence-corrected chi connectivity index (χ0v) is 16.1. The first-order valence-electron chi connectivity index (χ1n) is 6.65. The zero-order valence-electron chi connectivity index (χ0n) is 12.9. The third kappa shape index (κ3) is 6.61. The summed E-state index contributed by atoms with van der Waals surface area (Å²) in [6.45, 7) is 7.51. The maximum Gasteiger partial charge on any atom is 0.415 e. The van der Waals surface area contributed by atoms with Gasteiger partial charge in [-0.3, -0.25) is 9.69 Å². The van der Waals surface area contributed by atoms with E-state index in [1.54, 1.807) is 6.92 Å². The van der Waals surface area contributed by atoms with Gasteiger partial charge in [0.2, 0.25) is 3.79 Å². The highest BCUT2D eigenvalue weighted by molar-refractivity contribution is 6.83. The number of rotatable bonds is 1. The number of amides is 1. The van der Waals surface area contributed by atoms with Crippen LogP contribution in [0.5, 0.6) is 0 Å². The van der Waals surface area contributed by atoms with Crippen molar-refractivity contribution in [2.24, 2.45) is 0 Å². The van der Waals surface area contributed by atoms with Crippen molar-refractivity contribution < 1.29 is 14.3 Å². The van der Waals surface area contributed by atoms with Crippen molar-refractivity contribution in [3.8, 4) is 11.5 Å². The Bertz CT molecular complexity index is 552. The number of hydrogen-bond donors (Lipinski definition) is 0. The SMILES string of the molecule is CC1=CN(C(=O)OCC(Cl)(Cl)Cl)C(C#C[Si](C)(C)C)CC1=O. The quantitative estimate of drug-likeness (QED) is 0.392. The van der Waals surface area contributed by atoms with E-state index in [1.165, 1.54) is 11.1 Å². The Hall–Kier alpha value is -0.673. The smallest absolute Gasteiger partial charge is 0.415 e. The van der Waals surface area contributed by atoms with E-state index in [0.29, 0.717) is 5.57 Å². The minimum atomic E-state index is -1.68. The molecule has 0 radical (unpaired) electrons. The summed E-state index contributed by atoms with van der Waals surface area (Å²) < 4.78 is 3.29. The van der Waals surface area contributed by atoms with Crippen molar-refractivity contribution in [1.82, 2.24) is 4.90 Å². The highest BCUT2D eigenvalue weighted by Crippen LogP contribution is 2.27. The van der Waals surface area contributed by atoms with E-state index in [9.17, 15) is 9.59 Å². The molecule has 1 amide bonds. The van der Waals surface area contributed by atoms with Gasteiger partial charge in [-0.05, 0) is 6.92 Å². The molecule has 0 fully saturated rings. The molecule has 22 heavy (non-hydrogen) atoms. The number of nitrogens with zero attached hydrogens (tertiary/aromatic N) is 1. The van der Waals surface area contributed by atoms with Crippen LogP contribution in [0.15, 0.2) is 11.8 Å². The molecule has 1 aliphatic heterocycles. The van der Waals surface area contributed by atoms with E-state index < -0.39 is 24.0 Å². The third-order valence-electron chi connectivity index (χ3n) is 2.67. The molecule has 0 saturated carbocycles. The molecular formula is C14H18Cl3NO3Si. The van der Waals surface area contributed by atoms with E-state index in [-0.39, 0.29) is 18.8 Å². The van der Waals surface area contributed by atoms with Crippen LogP contribution in [-0.2, 0) is 9.53 Å². The molecule has 122 valence electrons. The van der Waals surface area contributed by atoms with Gasteiger partial charge in [-0.1, -0.05) is 60.4 Å². The summed E-state index contributed by atoms with van der Waals surface area (Å²) in [6, 6.07) is -0.550. The molecule has 1 unspecified atom stereocenters. The van der Waals surface area contributed by atoms with E-state index in [2.05, 4.69) is 31.1 Å². The standard InChI is InChI=1S/C14H18Cl3NO3Si/c1-10-8-18(13(20)21-9-14(15,16)17)11(7-12(10)19)5-6-22(2,3)4/h8,11H,7,9H2,1-4H3. The lowest BCUT2D eigenvalue weighted by atomic mass is 10.0. The Balaban J connectivity index is 2.96. The topological polar surface area (TPSA) is 46.6 Å². The lowest BCUT2D eigenvalue weighted by Crippen LogP contribution is -2.42. The number of Topliss-reactive ketones (excluding diaryl/α,β-unsaturated/α-hetero) is 1. The van der Waals surface area contributed by atoms with Gasteiger partial charge in [0.1, 0.15) is 20.7 Å². The van der Waals surface area contributed by atoms with Gasteiger partial charge in [-0.15, -0.1) is 5.54 Å². The molecule has 0 spiro atoms.